The van der Waals surface area contributed by atoms with Gasteiger partial charge in [0.05, 0.1) is 24.2 Å². The highest BCUT2D eigenvalue weighted by Gasteiger charge is 2.29. The van der Waals surface area contributed by atoms with Gasteiger partial charge in [0.1, 0.15) is 0 Å². The predicted molar refractivity (Wildman–Crippen MR) is 55.8 cm³/mol. The van der Waals surface area contributed by atoms with Crippen molar-refractivity contribution in [3.63, 3.8) is 0 Å². The molecule has 0 bridgehead atoms. The van der Waals surface area contributed by atoms with Gasteiger partial charge in [-0.15, -0.1) is 0 Å². The fourth-order valence-electron chi connectivity index (χ4n) is 1.89. The maximum absolute atomic E-state index is 8.93. The van der Waals surface area contributed by atoms with Crippen LogP contribution in [0.4, 0.5) is 0 Å². The van der Waals surface area contributed by atoms with Crippen LogP contribution >= 0.6 is 0 Å². The maximum Gasteiger partial charge on any atom is 0.0697 e. The molecule has 1 saturated heterocycles. The van der Waals surface area contributed by atoms with E-state index in [0.717, 1.165) is 19.6 Å². The minimum atomic E-state index is -0.263. The van der Waals surface area contributed by atoms with Crippen LogP contribution < -0.4 is 0 Å². The number of rotatable bonds is 3. The molecule has 3 nitrogen and oxygen atoms in total. The molecular formula is C11H20N2O. The molecule has 0 amide bonds. The van der Waals surface area contributed by atoms with E-state index < -0.39 is 0 Å². The molecule has 2 unspecified atom stereocenters. The van der Waals surface area contributed by atoms with Crippen molar-refractivity contribution < 1.29 is 4.74 Å². The second-order valence-electron chi connectivity index (χ2n) is 4.94. The molecule has 0 N–H and O–H groups in total. The van der Waals surface area contributed by atoms with Gasteiger partial charge in [0.15, 0.2) is 0 Å². The summed E-state index contributed by atoms with van der Waals surface area (Å²) in [4.78, 5) is 2.24. The summed E-state index contributed by atoms with van der Waals surface area (Å²) in [7, 11) is 2.07. The molecule has 0 radical (unpaired) electrons. The molecule has 0 aromatic heterocycles. The van der Waals surface area contributed by atoms with E-state index in [0.29, 0.717) is 12.1 Å². The first-order valence-electron chi connectivity index (χ1n) is 5.18. The average Bonchev–Trinajstić information content (AvgIpc) is 2.51. The fraction of sp³-hybridized carbons (Fsp3) is 0.909. The van der Waals surface area contributed by atoms with E-state index in [-0.39, 0.29) is 5.41 Å². The van der Waals surface area contributed by atoms with Crippen LogP contribution in [0.3, 0.4) is 0 Å². The number of likely N-dealkylation sites (N-methyl/N-ethyl adjacent to an activating group) is 1. The van der Waals surface area contributed by atoms with E-state index in [1.807, 2.05) is 13.8 Å². The Kier molecular flexibility index (Phi) is 3.52. The summed E-state index contributed by atoms with van der Waals surface area (Å²) in [5.74, 6) is 0. The van der Waals surface area contributed by atoms with Crippen molar-refractivity contribution in [2.45, 2.75) is 39.3 Å². The zero-order valence-corrected chi connectivity index (χ0v) is 9.58. The van der Waals surface area contributed by atoms with Gasteiger partial charge in [-0.25, -0.2) is 0 Å². The van der Waals surface area contributed by atoms with E-state index >= 15 is 0 Å². The summed E-state index contributed by atoms with van der Waals surface area (Å²) in [6.45, 7) is 7.66. The van der Waals surface area contributed by atoms with Gasteiger partial charge in [0.2, 0.25) is 0 Å². The Labute approximate surface area is 86.6 Å². The van der Waals surface area contributed by atoms with Crippen molar-refractivity contribution in [2.24, 2.45) is 5.41 Å². The third-order valence-corrected chi connectivity index (χ3v) is 2.75. The second-order valence-corrected chi connectivity index (χ2v) is 4.94. The lowest BCUT2D eigenvalue weighted by atomic mass is 9.94. The van der Waals surface area contributed by atoms with Gasteiger partial charge in [-0.2, -0.15) is 5.26 Å². The molecule has 1 fully saturated rings. The van der Waals surface area contributed by atoms with Crippen molar-refractivity contribution in [3.8, 4) is 6.07 Å². The van der Waals surface area contributed by atoms with Gasteiger partial charge in [-0.1, -0.05) is 0 Å². The quantitative estimate of drug-likeness (QED) is 0.688. The van der Waals surface area contributed by atoms with E-state index in [9.17, 15) is 0 Å². The average molecular weight is 196 g/mol. The van der Waals surface area contributed by atoms with E-state index in [1.165, 1.54) is 0 Å². The summed E-state index contributed by atoms with van der Waals surface area (Å²) in [6.07, 6.45) is 1.45. The Bertz CT molecular complexity index is 232. The Morgan fingerprint density at radius 3 is 2.64 bits per heavy atom. The highest BCUT2D eigenvalue weighted by molar-refractivity contribution is 4.95. The van der Waals surface area contributed by atoms with Crippen LogP contribution in [0.2, 0.25) is 0 Å². The van der Waals surface area contributed by atoms with Crippen LogP contribution in [0.15, 0.2) is 0 Å². The Morgan fingerprint density at radius 2 is 2.21 bits per heavy atom. The number of hydrogen-bond donors (Lipinski definition) is 0. The first-order chi connectivity index (χ1) is 6.44. The van der Waals surface area contributed by atoms with Gasteiger partial charge < -0.3 is 4.74 Å². The molecule has 0 aromatic rings. The largest absolute Gasteiger partial charge is 0.377 e. The highest BCUT2D eigenvalue weighted by Crippen LogP contribution is 2.21. The molecule has 0 aromatic carbocycles. The van der Waals surface area contributed by atoms with Crippen molar-refractivity contribution in [1.82, 2.24) is 4.90 Å². The molecule has 80 valence electrons. The molecule has 0 saturated carbocycles. The lowest BCUT2D eigenvalue weighted by molar-refractivity contribution is 0.107. The molecule has 0 aliphatic carbocycles. The molecule has 1 heterocycles. The smallest absolute Gasteiger partial charge is 0.0697 e. The van der Waals surface area contributed by atoms with Crippen LogP contribution in [0.5, 0.6) is 0 Å². The molecule has 1 aliphatic rings. The first kappa shape index (κ1) is 11.5. The first-order valence-corrected chi connectivity index (χ1v) is 5.18. The minimum absolute atomic E-state index is 0.263. The zero-order chi connectivity index (χ0) is 10.8. The highest BCUT2D eigenvalue weighted by atomic mass is 16.5. The number of nitriles is 1. The Balaban J connectivity index is 2.43. The monoisotopic (exact) mass is 196 g/mol. The van der Waals surface area contributed by atoms with Crippen molar-refractivity contribution in [2.75, 3.05) is 20.2 Å². The second kappa shape index (κ2) is 4.29. The van der Waals surface area contributed by atoms with Crippen molar-refractivity contribution >= 4 is 0 Å². The number of nitrogens with zero attached hydrogens (tertiary/aromatic N) is 2. The summed E-state index contributed by atoms with van der Waals surface area (Å²) >= 11 is 0. The zero-order valence-electron chi connectivity index (χ0n) is 9.58. The maximum atomic E-state index is 8.93. The molecule has 1 rings (SSSR count). The lowest BCUT2D eigenvalue weighted by Gasteiger charge is -2.28. The topological polar surface area (TPSA) is 36.3 Å². The van der Waals surface area contributed by atoms with Gasteiger partial charge in [-0.05, 0) is 34.2 Å². The number of ether oxygens (including phenoxy) is 1. The molecular weight excluding hydrogens is 176 g/mol. The summed E-state index contributed by atoms with van der Waals surface area (Å²) in [5, 5.41) is 8.93. The Morgan fingerprint density at radius 1 is 1.57 bits per heavy atom. The lowest BCUT2D eigenvalue weighted by Crippen LogP contribution is -2.38. The molecule has 0 spiro atoms. The van der Waals surface area contributed by atoms with Gasteiger partial charge >= 0.3 is 0 Å². The van der Waals surface area contributed by atoms with Crippen LogP contribution in [0.1, 0.15) is 27.2 Å². The van der Waals surface area contributed by atoms with Crippen LogP contribution in [0, 0.1) is 16.7 Å². The minimum Gasteiger partial charge on any atom is -0.377 e. The normalized spacial score (nSPS) is 28.0. The SMILES string of the molecule is CC1CC(N(C)CC(C)(C)C#N)CO1. The predicted octanol–water partition coefficient (Wildman–Crippen LogP) is 1.65. The van der Waals surface area contributed by atoms with Crippen LogP contribution in [0.25, 0.3) is 0 Å². The van der Waals surface area contributed by atoms with Gasteiger partial charge in [-0.3, -0.25) is 4.90 Å². The van der Waals surface area contributed by atoms with Crippen molar-refractivity contribution in [1.29, 1.82) is 5.26 Å². The van der Waals surface area contributed by atoms with Gasteiger partial charge in [0.25, 0.3) is 0 Å². The molecule has 3 heteroatoms. The number of hydrogen-bond acceptors (Lipinski definition) is 3. The third-order valence-electron chi connectivity index (χ3n) is 2.75. The summed E-state index contributed by atoms with van der Waals surface area (Å²) in [6, 6.07) is 2.81. The summed E-state index contributed by atoms with van der Waals surface area (Å²) in [5.41, 5.74) is -0.263. The van der Waals surface area contributed by atoms with E-state index in [2.05, 4.69) is 24.9 Å². The van der Waals surface area contributed by atoms with Crippen molar-refractivity contribution in [3.05, 3.63) is 0 Å². The van der Waals surface area contributed by atoms with Crippen LogP contribution in [-0.2, 0) is 4.74 Å². The fourth-order valence-corrected chi connectivity index (χ4v) is 1.89. The van der Waals surface area contributed by atoms with E-state index in [1.54, 1.807) is 0 Å². The standard InChI is InChI=1S/C11H20N2O/c1-9-5-10(6-14-9)13(4)8-11(2,3)7-12/h9-10H,5-6,8H2,1-4H3. The van der Waals surface area contributed by atoms with Crippen LogP contribution in [-0.4, -0.2) is 37.2 Å². The Hall–Kier alpha value is -0.590. The molecule has 1 aliphatic heterocycles. The molecule has 2 atom stereocenters. The summed E-state index contributed by atoms with van der Waals surface area (Å²) < 4.78 is 5.51. The van der Waals surface area contributed by atoms with Gasteiger partial charge in [0, 0.05) is 12.6 Å². The third kappa shape index (κ3) is 2.97. The molecule has 14 heavy (non-hydrogen) atoms. The van der Waals surface area contributed by atoms with E-state index in [4.69, 9.17) is 10.00 Å².